The molecule has 1 rings (SSSR count). The van der Waals surface area contributed by atoms with E-state index in [0.29, 0.717) is 43.7 Å². The molecule has 1 unspecified atom stereocenters. The SMILES string of the molecule is CCCCCCC(CCCNc1ccccc1C(=O)OCC)[N+](=O)[O-]. The molecule has 0 aliphatic rings. The second kappa shape index (κ2) is 12.3. The Bertz CT molecular complexity index is 534. The van der Waals surface area contributed by atoms with Crippen LogP contribution in [0.3, 0.4) is 0 Å². The highest BCUT2D eigenvalue weighted by atomic mass is 16.6. The Morgan fingerprint density at radius 2 is 1.88 bits per heavy atom. The number of rotatable bonds is 13. The zero-order valence-corrected chi connectivity index (χ0v) is 15.3. The second-order valence-corrected chi connectivity index (χ2v) is 6.12. The third-order valence-electron chi connectivity index (χ3n) is 4.14. The molecule has 1 aromatic carbocycles. The van der Waals surface area contributed by atoms with Gasteiger partial charge in [-0.15, -0.1) is 0 Å². The molecule has 0 aromatic heterocycles. The summed E-state index contributed by atoms with van der Waals surface area (Å²) in [5.41, 5.74) is 1.20. The van der Waals surface area contributed by atoms with Gasteiger partial charge in [-0.05, 0) is 31.9 Å². The molecule has 6 nitrogen and oxygen atoms in total. The van der Waals surface area contributed by atoms with E-state index in [4.69, 9.17) is 4.74 Å². The quantitative estimate of drug-likeness (QED) is 0.242. The van der Waals surface area contributed by atoms with Gasteiger partial charge in [0, 0.05) is 30.0 Å². The minimum atomic E-state index is -0.473. The van der Waals surface area contributed by atoms with Crippen LogP contribution in [-0.2, 0) is 4.74 Å². The van der Waals surface area contributed by atoms with Gasteiger partial charge in [-0.3, -0.25) is 10.1 Å². The van der Waals surface area contributed by atoms with Crippen molar-refractivity contribution < 1.29 is 14.5 Å². The van der Waals surface area contributed by atoms with Crippen molar-refractivity contribution >= 4 is 11.7 Å². The van der Waals surface area contributed by atoms with Crippen LogP contribution >= 0.6 is 0 Å². The number of carbonyl (C=O) groups excluding carboxylic acids is 1. The van der Waals surface area contributed by atoms with Crippen molar-refractivity contribution in [1.82, 2.24) is 0 Å². The largest absolute Gasteiger partial charge is 0.462 e. The van der Waals surface area contributed by atoms with Gasteiger partial charge in [-0.2, -0.15) is 0 Å². The van der Waals surface area contributed by atoms with Crippen LogP contribution in [0, 0.1) is 10.1 Å². The Hall–Kier alpha value is -2.11. The number of nitro groups is 1. The monoisotopic (exact) mass is 350 g/mol. The predicted octanol–water partition coefficient (Wildman–Crippen LogP) is 4.67. The third kappa shape index (κ3) is 8.01. The van der Waals surface area contributed by atoms with Gasteiger partial charge in [0.1, 0.15) is 0 Å². The predicted molar refractivity (Wildman–Crippen MR) is 99.7 cm³/mol. The van der Waals surface area contributed by atoms with Crippen LogP contribution in [0.5, 0.6) is 0 Å². The van der Waals surface area contributed by atoms with Gasteiger partial charge in [-0.25, -0.2) is 4.79 Å². The van der Waals surface area contributed by atoms with E-state index in [1.165, 1.54) is 0 Å². The lowest BCUT2D eigenvalue weighted by Crippen LogP contribution is -2.20. The zero-order chi connectivity index (χ0) is 18.5. The van der Waals surface area contributed by atoms with Crippen molar-refractivity contribution in [2.45, 2.75) is 64.8 Å². The number of benzene rings is 1. The normalized spacial score (nSPS) is 11.8. The van der Waals surface area contributed by atoms with Crippen molar-refractivity contribution in [2.24, 2.45) is 0 Å². The number of para-hydroxylation sites is 1. The summed E-state index contributed by atoms with van der Waals surface area (Å²) in [7, 11) is 0. The molecule has 0 saturated carbocycles. The Morgan fingerprint density at radius 3 is 2.56 bits per heavy atom. The maximum atomic E-state index is 11.9. The first kappa shape index (κ1) is 20.9. The fraction of sp³-hybridized carbons (Fsp3) is 0.632. The summed E-state index contributed by atoms with van der Waals surface area (Å²) >= 11 is 0. The van der Waals surface area contributed by atoms with Gasteiger partial charge in [0.2, 0.25) is 6.04 Å². The van der Waals surface area contributed by atoms with E-state index >= 15 is 0 Å². The van der Waals surface area contributed by atoms with Crippen LogP contribution in [0.25, 0.3) is 0 Å². The molecule has 0 bridgehead atoms. The maximum Gasteiger partial charge on any atom is 0.340 e. The molecule has 0 aliphatic carbocycles. The Balaban J connectivity index is 2.43. The summed E-state index contributed by atoms with van der Waals surface area (Å²) in [6.07, 6.45) is 6.13. The summed E-state index contributed by atoms with van der Waals surface area (Å²) in [6.45, 7) is 4.82. The lowest BCUT2D eigenvalue weighted by Gasteiger charge is -2.12. The molecular formula is C19H30N2O4. The molecule has 1 atom stereocenters. The van der Waals surface area contributed by atoms with E-state index < -0.39 is 6.04 Å². The van der Waals surface area contributed by atoms with Gasteiger partial charge in [0.25, 0.3) is 0 Å². The Kier molecular flexibility index (Phi) is 10.3. The first-order chi connectivity index (χ1) is 12.1. The molecule has 0 fully saturated rings. The first-order valence-electron chi connectivity index (χ1n) is 9.23. The number of hydrogen-bond donors (Lipinski definition) is 1. The van der Waals surface area contributed by atoms with Crippen LogP contribution in [0.2, 0.25) is 0 Å². The Morgan fingerprint density at radius 1 is 1.16 bits per heavy atom. The first-order valence-corrected chi connectivity index (χ1v) is 9.23. The Labute approximate surface area is 150 Å². The highest BCUT2D eigenvalue weighted by molar-refractivity contribution is 5.95. The van der Waals surface area contributed by atoms with Crippen LogP contribution < -0.4 is 5.32 Å². The number of carbonyl (C=O) groups is 1. The third-order valence-corrected chi connectivity index (χ3v) is 4.14. The lowest BCUT2D eigenvalue weighted by atomic mass is 10.0. The highest BCUT2D eigenvalue weighted by Gasteiger charge is 2.19. The number of hydrogen-bond acceptors (Lipinski definition) is 5. The molecule has 0 radical (unpaired) electrons. The summed E-state index contributed by atoms with van der Waals surface area (Å²) in [5.74, 6) is -0.357. The van der Waals surface area contributed by atoms with Crippen LogP contribution in [0.15, 0.2) is 24.3 Å². The van der Waals surface area contributed by atoms with Crippen LogP contribution in [0.1, 0.15) is 69.2 Å². The van der Waals surface area contributed by atoms with E-state index in [-0.39, 0.29) is 10.9 Å². The lowest BCUT2D eigenvalue weighted by molar-refractivity contribution is -0.524. The summed E-state index contributed by atoms with van der Waals surface area (Å²) in [4.78, 5) is 22.9. The fourth-order valence-corrected chi connectivity index (χ4v) is 2.75. The van der Waals surface area contributed by atoms with Gasteiger partial charge >= 0.3 is 5.97 Å². The zero-order valence-electron chi connectivity index (χ0n) is 15.3. The smallest absolute Gasteiger partial charge is 0.340 e. The van der Waals surface area contributed by atoms with Crippen LogP contribution in [-0.4, -0.2) is 30.1 Å². The molecule has 0 aliphatic heterocycles. The number of nitrogens with one attached hydrogen (secondary N) is 1. The van der Waals surface area contributed by atoms with Crippen molar-refractivity contribution in [3.05, 3.63) is 39.9 Å². The second-order valence-electron chi connectivity index (χ2n) is 6.12. The highest BCUT2D eigenvalue weighted by Crippen LogP contribution is 2.17. The summed E-state index contributed by atoms with van der Waals surface area (Å²) in [5, 5.41) is 14.4. The molecule has 0 heterocycles. The minimum Gasteiger partial charge on any atom is -0.462 e. The van der Waals surface area contributed by atoms with Crippen LogP contribution in [0.4, 0.5) is 5.69 Å². The number of unbranched alkanes of at least 4 members (excludes halogenated alkanes) is 3. The fourth-order valence-electron chi connectivity index (χ4n) is 2.75. The van der Waals surface area contributed by atoms with E-state index in [9.17, 15) is 14.9 Å². The van der Waals surface area contributed by atoms with Crippen molar-refractivity contribution in [3.8, 4) is 0 Å². The average Bonchev–Trinajstić information content (AvgIpc) is 2.60. The van der Waals surface area contributed by atoms with Crippen molar-refractivity contribution in [3.63, 3.8) is 0 Å². The van der Waals surface area contributed by atoms with Gasteiger partial charge in [-0.1, -0.05) is 38.3 Å². The minimum absolute atomic E-state index is 0.154. The molecular weight excluding hydrogens is 320 g/mol. The number of anilines is 1. The van der Waals surface area contributed by atoms with E-state index in [0.717, 1.165) is 25.7 Å². The number of ether oxygens (including phenoxy) is 1. The molecule has 0 saturated heterocycles. The van der Waals surface area contributed by atoms with E-state index in [2.05, 4.69) is 12.2 Å². The standard InChI is InChI=1S/C19H30N2O4/c1-3-5-6-7-11-16(21(23)24)12-10-15-20-18-14-9-8-13-17(18)19(22)25-4-2/h8-9,13-14,16,20H,3-7,10-12,15H2,1-2H3. The molecule has 25 heavy (non-hydrogen) atoms. The number of esters is 1. The molecule has 0 spiro atoms. The maximum absolute atomic E-state index is 11.9. The molecule has 140 valence electrons. The molecule has 1 N–H and O–H groups in total. The number of nitrogens with zero attached hydrogens (tertiary/aromatic N) is 1. The topological polar surface area (TPSA) is 81.5 Å². The summed E-state index contributed by atoms with van der Waals surface area (Å²) in [6, 6.07) is 6.70. The summed E-state index contributed by atoms with van der Waals surface area (Å²) < 4.78 is 5.04. The average molecular weight is 350 g/mol. The van der Waals surface area contributed by atoms with Gasteiger partial charge in [0.05, 0.1) is 12.2 Å². The molecule has 0 amide bonds. The van der Waals surface area contributed by atoms with Crippen molar-refractivity contribution in [1.29, 1.82) is 0 Å². The van der Waals surface area contributed by atoms with Gasteiger partial charge < -0.3 is 10.1 Å². The van der Waals surface area contributed by atoms with E-state index in [1.54, 1.807) is 19.1 Å². The molecule has 1 aromatic rings. The van der Waals surface area contributed by atoms with Gasteiger partial charge in [0.15, 0.2) is 0 Å². The van der Waals surface area contributed by atoms with Crippen molar-refractivity contribution in [2.75, 3.05) is 18.5 Å². The van der Waals surface area contributed by atoms with E-state index in [1.807, 2.05) is 12.1 Å². The molecule has 6 heteroatoms.